The predicted octanol–water partition coefficient (Wildman–Crippen LogP) is 3.41. The zero-order chi connectivity index (χ0) is 19.3. The van der Waals surface area contributed by atoms with Crippen LogP contribution >= 0.6 is 0 Å². The highest BCUT2D eigenvalue weighted by molar-refractivity contribution is 5.83. The number of amides is 1. The maximum atomic E-state index is 13.1. The molecule has 0 aromatic heterocycles. The summed E-state index contributed by atoms with van der Waals surface area (Å²) in [5.41, 5.74) is 4.19. The second-order valence-electron chi connectivity index (χ2n) is 8.25. The van der Waals surface area contributed by atoms with Gasteiger partial charge in [0.25, 0.3) is 5.91 Å². The van der Waals surface area contributed by atoms with Crippen molar-refractivity contribution in [2.45, 2.75) is 50.9 Å². The Labute approximate surface area is 165 Å². The number of rotatable bonds is 2. The third-order valence-electron chi connectivity index (χ3n) is 6.22. The maximum absolute atomic E-state index is 13.1. The van der Waals surface area contributed by atoms with Crippen molar-refractivity contribution >= 4 is 5.91 Å². The van der Waals surface area contributed by atoms with Gasteiger partial charge in [0.2, 0.25) is 0 Å². The fourth-order valence-electron chi connectivity index (χ4n) is 4.50. The highest BCUT2D eigenvalue weighted by atomic mass is 16.6. The van der Waals surface area contributed by atoms with Gasteiger partial charge in [-0.3, -0.25) is 4.79 Å². The molecular formula is C23H25NO4. The first kappa shape index (κ1) is 17.6. The van der Waals surface area contributed by atoms with E-state index in [0.29, 0.717) is 26.1 Å². The first-order chi connectivity index (χ1) is 13.5. The summed E-state index contributed by atoms with van der Waals surface area (Å²) in [6.45, 7) is 5.42. The molecule has 1 saturated heterocycles. The van der Waals surface area contributed by atoms with Crippen molar-refractivity contribution in [3.63, 3.8) is 0 Å². The molecule has 1 spiro atoms. The molecule has 3 aliphatic heterocycles. The smallest absolute Gasteiger partial charge is 0.261 e. The molecule has 0 bridgehead atoms. The van der Waals surface area contributed by atoms with Crippen molar-refractivity contribution < 1.29 is 19.0 Å². The van der Waals surface area contributed by atoms with Crippen molar-refractivity contribution in [1.29, 1.82) is 0 Å². The SMILES string of the molecule is Cc1cc2c(cc1C)OC(C(=O)NC1CC3(CCOC3)Oc3ccccc31)C2. The van der Waals surface area contributed by atoms with Crippen molar-refractivity contribution in [2.24, 2.45) is 0 Å². The first-order valence-electron chi connectivity index (χ1n) is 9.96. The van der Waals surface area contributed by atoms with Gasteiger partial charge in [0.15, 0.2) is 6.10 Å². The number of hydrogen-bond acceptors (Lipinski definition) is 4. The molecule has 146 valence electrons. The van der Waals surface area contributed by atoms with Gasteiger partial charge in [-0.1, -0.05) is 24.3 Å². The summed E-state index contributed by atoms with van der Waals surface area (Å²) in [7, 11) is 0. The van der Waals surface area contributed by atoms with Crippen LogP contribution in [0.15, 0.2) is 36.4 Å². The first-order valence-corrected chi connectivity index (χ1v) is 9.96. The molecule has 28 heavy (non-hydrogen) atoms. The van der Waals surface area contributed by atoms with Crippen LogP contribution < -0.4 is 14.8 Å². The van der Waals surface area contributed by atoms with Gasteiger partial charge in [0.1, 0.15) is 17.1 Å². The van der Waals surface area contributed by atoms with Crippen LogP contribution in [0, 0.1) is 13.8 Å². The van der Waals surface area contributed by atoms with E-state index in [4.69, 9.17) is 14.2 Å². The highest BCUT2D eigenvalue weighted by Gasteiger charge is 2.45. The number of hydrogen-bond donors (Lipinski definition) is 1. The monoisotopic (exact) mass is 379 g/mol. The van der Waals surface area contributed by atoms with Crippen molar-refractivity contribution in [2.75, 3.05) is 13.2 Å². The standard InChI is InChI=1S/C23H25NO4/c1-14-9-16-11-21(27-20(16)10-15(14)2)22(25)24-18-12-23(7-8-26-13-23)28-19-6-4-3-5-17(18)19/h3-6,9-10,18,21H,7-8,11-13H2,1-2H3,(H,24,25). The topological polar surface area (TPSA) is 56.8 Å². The Kier molecular flexibility index (Phi) is 4.09. The Bertz CT molecular complexity index is 901. The molecule has 0 aliphatic carbocycles. The zero-order valence-electron chi connectivity index (χ0n) is 16.3. The van der Waals surface area contributed by atoms with Gasteiger partial charge in [-0.05, 0) is 42.7 Å². The lowest BCUT2D eigenvalue weighted by Gasteiger charge is -2.39. The quantitative estimate of drug-likeness (QED) is 0.869. The van der Waals surface area contributed by atoms with Crippen molar-refractivity contribution in [3.05, 3.63) is 58.7 Å². The summed E-state index contributed by atoms with van der Waals surface area (Å²) in [5, 5.41) is 3.23. The molecular weight excluding hydrogens is 354 g/mol. The minimum atomic E-state index is -0.484. The summed E-state index contributed by atoms with van der Waals surface area (Å²) in [6.07, 6.45) is 1.69. The van der Waals surface area contributed by atoms with E-state index in [1.54, 1.807) is 0 Å². The van der Waals surface area contributed by atoms with Crippen molar-refractivity contribution in [1.82, 2.24) is 5.32 Å². The highest BCUT2D eigenvalue weighted by Crippen LogP contribution is 2.43. The van der Waals surface area contributed by atoms with Crippen LogP contribution in [0.5, 0.6) is 11.5 Å². The van der Waals surface area contributed by atoms with Gasteiger partial charge in [-0.25, -0.2) is 0 Å². The van der Waals surface area contributed by atoms with Crippen LogP contribution in [0.4, 0.5) is 0 Å². The van der Waals surface area contributed by atoms with Crippen molar-refractivity contribution in [3.8, 4) is 11.5 Å². The summed E-state index contributed by atoms with van der Waals surface area (Å²) in [4.78, 5) is 13.1. The molecule has 1 fully saturated rings. The third kappa shape index (κ3) is 2.94. The molecule has 3 heterocycles. The average Bonchev–Trinajstić information content (AvgIpc) is 3.29. The van der Waals surface area contributed by atoms with E-state index < -0.39 is 6.10 Å². The summed E-state index contributed by atoms with van der Waals surface area (Å²) < 4.78 is 17.9. The van der Waals surface area contributed by atoms with Gasteiger partial charge < -0.3 is 19.5 Å². The second kappa shape index (κ2) is 6.52. The number of benzene rings is 2. The number of ether oxygens (including phenoxy) is 3. The number of fused-ring (bicyclic) bond motifs is 2. The lowest BCUT2D eigenvalue weighted by molar-refractivity contribution is -0.128. The van der Waals surface area contributed by atoms with Gasteiger partial charge in [0, 0.05) is 24.8 Å². The van der Waals surface area contributed by atoms with E-state index in [1.165, 1.54) is 11.1 Å². The molecule has 3 unspecified atom stereocenters. The normalized spacial score (nSPS) is 27.6. The number of carbonyl (C=O) groups excluding carboxylic acids is 1. The Hall–Kier alpha value is -2.53. The van der Waals surface area contributed by atoms with Gasteiger partial charge in [-0.15, -0.1) is 0 Å². The number of nitrogens with one attached hydrogen (secondary N) is 1. The van der Waals surface area contributed by atoms with E-state index in [-0.39, 0.29) is 17.6 Å². The largest absolute Gasteiger partial charge is 0.484 e. The number of carbonyl (C=O) groups is 1. The summed E-state index contributed by atoms with van der Waals surface area (Å²) in [5.74, 6) is 1.60. The molecule has 5 heteroatoms. The van der Waals surface area contributed by atoms with E-state index in [9.17, 15) is 4.79 Å². The summed E-state index contributed by atoms with van der Waals surface area (Å²) >= 11 is 0. The van der Waals surface area contributed by atoms with Crippen LogP contribution in [-0.4, -0.2) is 30.8 Å². The Morgan fingerprint density at radius 3 is 2.79 bits per heavy atom. The lowest BCUT2D eigenvalue weighted by Crippen LogP contribution is -2.48. The van der Waals surface area contributed by atoms with E-state index >= 15 is 0 Å². The molecule has 3 aliphatic rings. The van der Waals surface area contributed by atoms with Crippen LogP contribution in [0.3, 0.4) is 0 Å². The van der Waals surface area contributed by atoms with E-state index in [1.807, 2.05) is 30.3 Å². The van der Waals surface area contributed by atoms with Gasteiger partial charge >= 0.3 is 0 Å². The number of para-hydroxylation sites is 1. The Balaban J connectivity index is 1.36. The van der Waals surface area contributed by atoms with Crippen LogP contribution in [0.2, 0.25) is 0 Å². The molecule has 5 rings (SSSR count). The average molecular weight is 379 g/mol. The van der Waals surface area contributed by atoms with Gasteiger partial charge in [-0.2, -0.15) is 0 Å². The fourth-order valence-corrected chi connectivity index (χ4v) is 4.50. The molecule has 1 N–H and O–H groups in total. The molecule has 5 nitrogen and oxygen atoms in total. The van der Waals surface area contributed by atoms with Crippen LogP contribution in [0.25, 0.3) is 0 Å². The molecule has 0 saturated carbocycles. The minimum absolute atomic E-state index is 0.0673. The minimum Gasteiger partial charge on any atom is -0.484 e. The Morgan fingerprint density at radius 1 is 1.14 bits per heavy atom. The van der Waals surface area contributed by atoms with Gasteiger partial charge in [0.05, 0.1) is 19.3 Å². The Morgan fingerprint density at radius 2 is 1.96 bits per heavy atom. The fraction of sp³-hybridized carbons (Fsp3) is 0.435. The lowest BCUT2D eigenvalue weighted by atomic mass is 9.86. The predicted molar refractivity (Wildman–Crippen MR) is 105 cm³/mol. The molecule has 1 amide bonds. The zero-order valence-corrected chi connectivity index (χ0v) is 16.3. The number of aryl methyl sites for hydroxylation is 2. The summed E-state index contributed by atoms with van der Waals surface area (Å²) in [6, 6.07) is 12.0. The van der Waals surface area contributed by atoms with E-state index in [0.717, 1.165) is 29.0 Å². The molecule has 0 radical (unpaired) electrons. The van der Waals surface area contributed by atoms with E-state index in [2.05, 4.69) is 25.2 Å². The molecule has 3 atom stereocenters. The second-order valence-corrected chi connectivity index (χ2v) is 8.25. The maximum Gasteiger partial charge on any atom is 0.261 e. The molecule has 2 aromatic rings. The van der Waals surface area contributed by atoms with Crippen LogP contribution in [0.1, 0.15) is 41.1 Å². The molecule has 2 aromatic carbocycles. The van der Waals surface area contributed by atoms with Crippen LogP contribution in [-0.2, 0) is 16.0 Å². The third-order valence-corrected chi connectivity index (χ3v) is 6.22.